The topological polar surface area (TPSA) is 40.6 Å². The van der Waals surface area contributed by atoms with Crippen LogP contribution in [0.2, 0.25) is 0 Å². The first-order chi connectivity index (χ1) is 16.9. The molecule has 1 aromatic carbocycles. The van der Waals surface area contributed by atoms with Crippen molar-refractivity contribution in [3.63, 3.8) is 0 Å². The van der Waals surface area contributed by atoms with Gasteiger partial charge in [-0.05, 0) is 43.4 Å². The van der Waals surface area contributed by atoms with Crippen molar-refractivity contribution in [3.05, 3.63) is 59.8 Å². The summed E-state index contributed by atoms with van der Waals surface area (Å²) >= 11 is 0. The van der Waals surface area contributed by atoms with Crippen LogP contribution >= 0.6 is 0 Å². The molecule has 1 saturated carbocycles. The maximum Gasteiger partial charge on any atom is 0.433 e. The molecule has 35 heavy (non-hydrogen) atoms. The van der Waals surface area contributed by atoms with Gasteiger partial charge < -0.3 is 10.1 Å². The van der Waals surface area contributed by atoms with Gasteiger partial charge >= 0.3 is 6.18 Å². The molecular formula is C27H35F3N4O. The fourth-order valence-corrected chi connectivity index (χ4v) is 6.24. The van der Waals surface area contributed by atoms with Crippen LogP contribution in [0.5, 0.6) is 0 Å². The molecule has 3 heterocycles. The van der Waals surface area contributed by atoms with Gasteiger partial charge in [-0.15, -0.1) is 0 Å². The van der Waals surface area contributed by atoms with Crippen molar-refractivity contribution in [2.45, 2.75) is 62.4 Å². The number of nitrogens with one attached hydrogen (secondary N) is 1. The first-order valence-electron chi connectivity index (χ1n) is 12.8. The van der Waals surface area contributed by atoms with Crippen LogP contribution in [0.3, 0.4) is 0 Å². The second-order valence-electron chi connectivity index (χ2n) is 10.4. The number of anilines is 1. The number of piperazine rings is 1. The van der Waals surface area contributed by atoms with Crippen molar-refractivity contribution in [2.75, 3.05) is 44.6 Å². The average Bonchev–Trinajstić information content (AvgIpc) is 3.31. The summed E-state index contributed by atoms with van der Waals surface area (Å²) in [7, 11) is 0. The second-order valence-corrected chi connectivity index (χ2v) is 10.4. The van der Waals surface area contributed by atoms with Crippen molar-refractivity contribution in [3.8, 4) is 0 Å². The summed E-state index contributed by atoms with van der Waals surface area (Å²) in [6, 6.07) is 14.6. The van der Waals surface area contributed by atoms with E-state index in [0.717, 1.165) is 64.5 Å². The zero-order chi connectivity index (χ0) is 24.4. The monoisotopic (exact) mass is 488 g/mol. The first kappa shape index (κ1) is 24.5. The normalized spacial score (nSPS) is 25.7. The minimum Gasteiger partial charge on any atom is -0.375 e. The second kappa shape index (κ2) is 10.1. The third kappa shape index (κ3) is 5.65. The maximum absolute atomic E-state index is 13.2. The van der Waals surface area contributed by atoms with Crippen LogP contribution < -0.4 is 5.32 Å². The molecule has 5 nitrogen and oxygen atoms in total. The van der Waals surface area contributed by atoms with E-state index in [1.165, 1.54) is 24.5 Å². The van der Waals surface area contributed by atoms with Crippen molar-refractivity contribution in [1.82, 2.24) is 14.8 Å². The zero-order valence-electron chi connectivity index (χ0n) is 20.2. The zero-order valence-corrected chi connectivity index (χ0v) is 20.2. The molecule has 2 aromatic rings. The van der Waals surface area contributed by atoms with E-state index in [2.05, 4.69) is 44.4 Å². The molecular weight excluding hydrogens is 453 g/mol. The highest BCUT2D eigenvalue weighted by Gasteiger charge is 2.50. The summed E-state index contributed by atoms with van der Waals surface area (Å²) in [4.78, 5) is 8.93. The number of rotatable bonds is 6. The van der Waals surface area contributed by atoms with Gasteiger partial charge in [0.25, 0.3) is 0 Å². The summed E-state index contributed by atoms with van der Waals surface area (Å²) in [6.07, 6.45) is 1.86. The van der Waals surface area contributed by atoms with Gasteiger partial charge in [0.1, 0.15) is 11.5 Å². The highest BCUT2D eigenvalue weighted by atomic mass is 19.4. The predicted octanol–water partition coefficient (Wildman–Crippen LogP) is 5.19. The molecule has 2 saturated heterocycles. The van der Waals surface area contributed by atoms with E-state index in [4.69, 9.17) is 4.74 Å². The lowest BCUT2D eigenvalue weighted by molar-refractivity contribution is -0.141. The van der Waals surface area contributed by atoms with Crippen LogP contribution in [0, 0.1) is 0 Å². The molecule has 1 atom stereocenters. The quantitative estimate of drug-likeness (QED) is 0.606. The Bertz CT molecular complexity index is 972. The van der Waals surface area contributed by atoms with Crippen LogP contribution in [0.4, 0.5) is 19.0 Å². The SMILES string of the molecule is FC(F)(F)c1cccc(NCC2(N3CCN(Cc4ccccc4)CC3)CCOC3(CCCC3)C2)n1. The molecule has 0 bridgehead atoms. The van der Waals surface area contributed by atoms with E-state index in [1.807, 2.05) is 6.07 Å². The minimum atomic E-state index is -4.45. The van der Waals surface area contributed by atoms with E-state index in [0.29, 0.717) is 13.2 Å². The molecule has 1 spiro atoms. The number of aromatic nitrogens is 1. The third-order valence-electron chi connectivity index (χ3n) is 8.07. The Hall–Kier alpha value is -2.16. The van der Waals surface area contributed by atoms with E-state index < -0.39 is 11.9 Å². The van der Waals surface area contributed by atoms with Crippen molar-refractivity contribution < 1.29 is 17.9 Å². The van der Waals surface area contributed by atoms with Crippen LogP contribution in [0.15, 0.2) is 48.5 Å². The number of ether oxygens (including phenoxy) is 1. The molecule has 5 rings (SSSR count). The molecule has 1 unspecified atom stereocenters. The number of alkyl halides is 3. The molecule has 8 heteroatoms. The van der Waals surface area contributed by atoms with E-state index in [9.17, 15) is 13.2 Å². The Morgan fingerprint density at radius 1 is 0.914 bits per heavy atom. The molecule has 3 aliphatic rings. The summed E-state index contributed by atoms with van der Waals surface area (Å²) in [5.41, 5.74) is 0.217. The van der Waals surface area contributed by atoms with Gasteiger partial charge in [0.15, 0.2) is 0 Å². The van der Waals surface area contributed by atoms with Crippen molar-refractivity contribution in [1.29, 1.82) is 0 Å². The van der Waals surface area contributed by atoms with Crippen LogP contribution in [-0.2, 0) is 17.5 Å². The summed E-state index contributed by atoms with van der Waals surface area (Å²) in [6.45, 7) is 6.06. The standard InChI is InChI=1S/C27H35F3N4O/c28-27(29,30)23-9-6-10-24(32-23)31-21-25(13-18-35-26(20-25)11-4-5-12-26)34-16-14-33(15-17-34)19-22-7-2-1-3-8-22/h1-3,6-10H,4-5,11-21H2,(H,31,32). The van der Waals surface area contributed by atoms with E-state index in [-0.39, 0.29) is 17.0 Å². The third-order valence-corrected chi connectivity index (χ3v) is 8.07. The van der Waals surface area contributed by atoms with Crippen LogP contribution in [0.25, 0.3) is 0 Å². The fraction of sp³-hybridized carbons (Fsp3) is 0.593. The Morgan fingerprint density at radius 2 is 1.66 bits per heavy atom. The highest BCUT2D eigenvalue weighted by Crippen LogP contribution is 2.46. The number of hydrogen-bond acceptors (Lipinski definition) is 5. The van der Waals surface area contributed by atoms with Gasteiger partial charge in [0.05, 0.1) is 5.60 Å². The predicted molar refractivity (Wildman–Crippen MR) is 130 cm³/mol. The van der Waals surface area contributed by atoms with Gasteiger partial charge in [-0.2, -0.15) is 13.2 Å². The summed E-state index contributed by atoms with van der Waals surface area (Å²) in [5.74, 6) is 0.286. The van der Waals surface area contributed by atoms with Crippen LogP contribution in [-0.4, -0.2) is 65.3 Å². The van der Waals surface area contributed by atoms with E-state index >= 15 is 0 Å². The lowest BCUT2D eigenvalue weighted by atomic mass is 9.77. The number of hydrogen-bond donors (Lipinski definition) is 1. The van der Waals surface area contributed by atoms with Gasteiger partial charge in [-0.3, -0.25) is 9.80 Å². The van der Waals surface area contributed by atoms with Crippen molar-refractivity contribution >= 4 is 5.82 Å². The molecule has 3 fully saturated rings. The minimum absolute atomic E-state index is 0.0949. The summed E-state index contributed by atoms with van der Waals surface area (Å²) in [5, 5.41) is 3.30. The van der Waals surface area contributed by atoms with Gasteiger partial charge in [0, 0.05) is 51.4 Å². The van der Waals surface area contributed by atoms with Gasteiger partial charge in [-0.25, -0.2) is 4.98 Å². The van der Waals surface area contributed by atoms with Crippen LogP contribution in [0.1, 0.15) is 49.8 Å². The lowest BCUT2D eigenvalue weighted by Crippen LogP contribution is -2.64. The number of nitrogens with zero attached hydrogens (tertiary/aromatic N) is 3. The van der Waals surface area contributed by atoms with Gasteiger partial charge in [0.2, 0.25) is 0 Å². The molecule has 2 aliphatic heterocycles. The van der Waals surface area contributed by atoms with E-state index in [1.54, 1.807) is 6.07 Å². The van der Waals surface area contributed by atoms with Gasteiger partial charge in [-0.1, -0.05) is 49.2 Å². The maximum atomic E-state index is 13.2. The number of benzene rings is 1. The summed E-state index contributed by atoms with van der Waals surface area (Å²) < 4.78 is 46.0. The smallest absolute Gasteiger partial charge is 0.375 e. The Balaban J connectivity index is 1.31. The Morgan fingerprint density at radius 3 is 2.37 bits per heavy atom. The molecule has 1 aromatic heterocycles. The molecule has 0 amide bonds. The Labute approximate surface area is 205 Å². The highest BCUT2D eigenvalue weighted by molar-refractivity contribution is 5.37. The first-order valence-corrected chi connectivity index (χ1v) is 12.8. The number of pyridine rings is 1. The average molecular weight is 489 g/mol. The number of halogens is 3. The fourth-order valence-electron chi connectivity index (χ4n) is 6.24. The van der Waals surface area contributed by atoms with Crippen molar-refractivity contribution in [2.24, 2.45) is 0 Å². The molecule has 190 valence electrons. The largest absolute Gasteiger partial charge is 0.433 e. The Kier molecular flexibility index (Phi) is 7.06. The molecule has 1 N–H and O–H groups in total. The lowest BCUT2D eigenvalue weighted by Gasteiger charge is -2.54. The molecule has 0 radical (unpaired) electrons. The molecule has 1 aliphatic carbocycles.